The standard InChI is InChI=1S/C23H13F3N4O2/c1-11(31)12-5-7-13(8-6-12)29-17-4-2-3-16-19(17)18-14-9-28-22(23(24,25)26)30-20(14)21(32)15(18)10-27-16/h2-10,29H,1H3. The third kappa shape index (κ3) is 3.09. The minimum atomic E-state index is -4.76. The molecule has 0 spiro atoms. The fraction of sp³-hybridized carbons (Fsp3) is 0.0870. The van der Waals surface area contributed by atoms with Gasteiger partial charge in [-0.2, -0.15) is 13.2 Å². The molecule has 0 saturated carbocycles. The zero-order chi connectivity index (χ0) is 22.6. The minimum absolute atomic E-state index is 0.0583. The molecule has 2 heterocycles. The Hall–Kier alpha value is -4.14. The Morgan fingerprint density at radius 2 is 1.69 bits per heavy atom. The highest BCUT2D eigenvalue weighted by molar-refractivity contribution is 6.25. The van der Waals surface area contributed by atoms with Crippen molar-refractivity contribution in [2.75, 3.05) is 5.32 Å². The second-order valence-corrected chi connectivity index (χ2v) is 7.29. The first-order chi connectivity index (χ1) is 15.2. The summed E-state index contributed by atoms with van der Waals surface area (Å²) in [4.78, 5) is 35.6. The number of hydrogen-bond acceptors (Lipinski definition) is 6. The molecule has 0 atom stereocenters. The van der Waals surface area contributed by atoms with E-state index in [-0.39, 0.29) is 22.6 Å². The molecule has 9 heteroatoms. The van der Waals surface area contributed by atoms with Crippen molar-refractivity contribution in [3.8, 4) is 11.1 Å². The van der Waals surface area contributed by atoms with Crippen LogP contribution in [0.3, 0.4) is 0 Å². The quantitative estimate of drug-likeness (QED) is 0.393. The van der Waals surface area contributed by atoms with Crippen molar-refractivity contribution < 1.29 is 22.8 Å². The van der Waals surface area contributed by atoms with Gasteiger partial charge in [0.05, 0.1) is 11.1 Å². The molecule has 1 N–H and O–H groups in total. The number of nitrogens with zero attached hydrogens (tertiary/aromatic N) is 3. The van der Waals surface area contributed by atoms with E-state index >= 15 is 0 Å². The van der Waals surface area contributed by atoms with Crippen LogP contribution in [0.1, 0.15) is 39.2 Å². The van der Waals surface area contributed by atoms with Gasteiger partial charge in [0.15, 0.2) is 5.78 Å². The first kappa shape index (κ1) is 19.8. The number of halogens is 3. The molecule has 158 valence electrons. The third-order valence-corrected chi connectivity index (χ3v) is 5.24. The molecule has 2 aromatic carbocycles. The van der Waals surface area contributed by atoms with Gasteiger partial charge in [-0.15, -0.1) is 0 Å². The topological polar surface area (TPSA) is 84.8 Å². The van der Waals surface area contributed by atoms with Crippen molar-refractivity contribution in [1.82, 2.24) is 15.0 Å². The molecule has 0 amide bonds. The highest BCUT2D eigenvalue weighted by atomic mass is 19.4. The molecule has 0 saturated heterocycles. The number of benzene rings is 2. The van der Waals surface area contributed by atoms with Crippen molar-refractivity contribution in [2.24, 2.45) is 0 Å². The number of carbonyl (C=O) groups excluding carboxylic acids is 2. The number of pyridine rings is 1. The predicted molar refractivity (Wildman–Crippen MR) is 111 cm³/mol. The van der Waals surface area contributed by atoms with Gasteiger partial charge in [-0.3, -0.25) is 14.6 Å². The van der Waals surface area contributed by atoms with Crippen LogP contribution in [0.25, 0.3) is 22.0 Å². The summed E-state index contributed by atoms with van der Waals surface area (Å²) in [5.74, 6) is -2.05. The normalized spacial score (nSPS) is 12.6. The van der Waals surface area contributed by atoms with Crippen LogP contribution in [0.5, 0.6) is 0 Å². The lowest BCUT2D eigenvalue weighted by molar-refractivity contribution is -0.145. The SMILES string of the molecule is CC(=O)c1ccc(Nc2cccc3ncc4c(c23)-c2cnc(C(F)(F)F)nc2C4=O)cc1. The molecular weight excluding hydrogens is 421 g/mol. The highest BCUT2D eigenvalue weighted by Gasteiger charge is 2.39. The van der Waals surface area contributed by atoms with Gasteiger partial charge in [-0.25, -0.2) is 9.97 Å². The average Bonchev–Trinajstić information content (AvgIpc) is 3.05. The molecule has 1 aliphatic rings. The van der Waals surface area contributed by atoms with Gasteiger partial charge in [0.2, 0.25) is 11.6 Å². The molecule has 0 aliphatic heterocycles. The molecule has 2 aromatic heterocycles. The number of anilines is 2. The van der Waals surface area contributed by atoms with E-state index in [1.165, 1.54) is 13.1 Å². The van der Waals surface area contributed by atoms with Gasteiger partial charge in [-0.1, -0.05) is 6.07 Å². The highest BCUT2D eigenvalue weighted by Crippen LogP contribution is 2.43. The van der Waals surface area contributed by atoms with Gasteiger partial charge >= 0.3 is 6.18 Å². The first-order valence-electron chi connectivity index (χ1n) is 9.53. The first-order valence-corrected chi connectivity index (χ1v) is 9.53. The number of Topliss-reactive ketones (excluding diaryl/α,β-unsaturated/α-hetero) is 1. The lowest BCUT2D eigenvalue weighted by Crippen LogP contribution is -2.13. The number of fused-ring (bicyclic) bond motifs is 5. The fourth-order valence-electron chi connectivity index (χ4n) is 3.75. The van der Waals surface area contributed by atoms with E-state index in [9.17, 15) is 22.8 Å². The fourth-order valence-corrected chi connectivity index (χ4v) is 3.75. The van der Waals surface area contributed by atoms with Crippen LogP contribution >= 0.6 is 0 Å². The van der Waals surface area contributed by atoms with Crippen molar-refractivity contribution in [1.29, 1.82) is 0 Å². The summed E-state index contributed by atoms with van der Waals surface area (Å²) in [5, 5.41) is 3.81. The van der Waals surface area contributed by atoms with Gasteiger partial charge in [-0.05, 0) is 43.3 Å². The zero-order valence-electron chi connectivity index (χ0n) is 16.5. The minimum Gasteiger partial charge on any atom is -0.355 e. The van der Waals surface area contributed by atoms with Gasteiger partial charge in [0, 0.05) is 45.8 Å². The zero-order valence-corrected chi connectivity index (χ0v) is 16.5. The molecule has 6 nitrogen and oxygen atoms in total. The van der Waals surface area contributed by atoms with Crippen LogP contribution < -0.4 is 5.32 Å². The van der Waals surface area contributed by atoms with Crippen LogP contribution in [-0.4, -0.2) is 26.5 Å². The summed E-state index contributed by atoms with van der Waals surface area (Å²) in [6.45, 7) is 1.48. The van der Waals surface area contributed by atoms with E-state index in [4.69, 9.17) is 0 Å². The molecule has 0 unspecified atom stereocenters. The monoisotopic (exact) mass is 434 g/mol. The largest absolute Gasteiger partial charge is 0.451 e. The van der Waals surface area contributed by atoms with Crippen molar-refractivity contribution >= 4 is 33.8 Å². The Bertz CT molecular complexity index is 1430. The Balaban J connectivity index is 1.68. The maximum absolute atomic E-state index is 13.1. The lowest BCUT2D eigenvalue weighted by Gasteiger charge is -2.13. The van der Waals surface area contributed by atoms with Crippen molar-refractivity contribution in [3.05, 3.63) is 77.5 Å². The Morgan fingerprint density at radius 1 is 0.969 bits per heavy atom. The van der Waals surface area contributed by atoms with Crippen LogP contribution in [0.2, 0.25) is 0 Å². The van der Waals surface area contributed by atoms with Crippen LogP contribution in [-0.2, 0) is 6.18 Å². The summed E-state index contributed by atoms with van der Waals surface area (Å²) in [6.07, 6.45) is -2.38. The predicted octanol–water partition coefficient (Wildman–Crippen LogP) is 5.20. The number of hydrogen-bond donors (Lipinski definition) is 1. The second-order valence-electron chi connectivity index (χ2n) is 7.29. The van der Waals surface area contributed by atoms with E-state index in [0.29, 0.717) is 33.4 Å². The Labute approximate surface area is 179 Å². The molecule has 32 heavy (non-hydrogen) atoms. The van der Waals surface area contributed by atoms with E-state index in [2.05, 4.69) is 20.3 Å². The van der Waals surface area contributed by atoms with Crippen LogP contribution in [0.4, 0.5) is 24.5 Å². The number of ketones is 2. The maximum Gasteiger partial charge on any atom is 0.451 e. The summed E-state index contributed by atoms with van der Waals surface area (Å²) in [6, 6.07) is 12.1. The molecule has 0 bridgehead atoms. The number of rotatable bonds is 3. The van der Waals surface area contributed by atoms with Gasteiger partial charge in [0.1, 0.15) is 5.69 Å². The molecule has 0 fully saturated rings. The summed E-state index contributed by atoms with van der Waals surface area (Å²) in [5.41, 5.74) is 2.94. The third-order valence-electron chi connectivity index (χ3n) is 5.24. The smallest absolute Gasteiger partial charge is 0.355 e. The molecule has 5 rings (SSSR count). The molecule has 4 aromatic rings. The van der Waals surface area contributed by atoms with E-state index in [1.807, 2.05) is 0 Å². The van der Waals surface area contributed by atoms with Crippen molar-refractivity contribution in [3.63, 3.8) is 0 Å². The lowest BCUT2D eigenvalue weighted by atomic mass is 10.0. The van der Waals surface area contributed by atoms with Crippen LogP contribution in [0, 0.1) is 0 Å². The second kappa shape index (κ2) is 6.94. The van der Waals surface area contributed by atoms with Gasteiger partial charge in [0.25, 0.3) is 0 Å². The van der Waals surface area contributed by atoms with Crippen molar-refractivity contribution in [2.45, 2.75) is 13.1 Å². The summed E-state index contributed by atoms with van der Waals surface area (Å²) in [7, 11) is 0. The average molecular weight is 434 g/mol. The molecule has 1 aliphatic carbocycles. The number of alkyl halides is 3. The Morgan fingerprint density at radius 3 is 2.38 bits per heavy atom. The summed E-state index contributed by atoms with van der Waals surface area (Å²) >= 11 is 0. The summed E-state index contributed by atoms with van der Waals surface area (Å²) < 4.78 is 39.2. The Kier molecular flexibility index (Phi) is 4.30. The van der Waals surface area contributed by atoms with E-state index in [1.54, 1.807) is 42.5 Å². The van der Waals surface area contributed by atoms with E-state index < -0.39 is 17.8 Å². The maximum atomic E-state index is 13.1. The number of carbonyl (C=O) groups is 2. The number of aromatic nitrogens is 3. The molecular formula is C23H13F3N4O2. The van der Waals surface area contributed by atoms with Gasteiger partial charge < -0.3 is 5.32 Å². The molecule has 0 radical (unpaired) electrons. The number of nitrogens with one attached hydrogen (secondary N) is 1. The van der Waals surface area contributed by atoms with E-state index in [0.717, 1.165) is 6.20 Å². The van der Waals surface area contributed by atoms with Crippen LogP contribution in [0.15, 0.2) is 54.9 Å².